The number of hydrogen-bond acceptors (Lipinski definition) is 1. The van der Waals surface area contributed by atoms with Gasteiger partial charge in [-0.05, 0) is 26.8 Å². The van der Waals surface area contributed by atoms with Gasteiger partial charge in [0, 0.05) is 6.04 Å². The van der Waals surface area contributed by atoms with Crippen LogP contribution in [0, 0.1) is 0 Å². The molecule has 0 radical (unpaired) electrons. The monoisotopic (exact) mass is 167 g/mol. The van der Waals surface area contributed by atoms with Crippen molar-refractivity contribution in [3.63, 3.8) is 0 Å². The molecule has 0 aliphatic heterocycles. The average Bonchev–Trinajstić information content (AvgIpc) is 2.02. The lowest BCUT2D eigenvalue weighted by atomic mass is 10.2. The summed E-state index contributed by atoms with van der Waals surface area (Å²) in [6, 6.07) is 0.482. The zero-order valence-electron chi connectivity index (χ0n) is 8.72. The Bertz CT molecular complexity index is 156. The first-order valence-electron chi connectivity index (χ1n) is 4.79. The summed E-state index contributed by atoms with van der Waals surface area (Å²) in [5.41, 5.74) is 1.35. The van der Waals surface area contributed by atoms with Gasteiger partial charge in [-0.2, -0.15) is 0 Å². The summed E-state index contributed by atoms with van der Waals surface area (Å²) in [5.74, 6) is 0. The highest BCUT2D eigenvalue weighted by molar-refractivity contribution is 5.16. The fraction of sp³-hybridized carbons (Fsp3) is 0.636. The molecule has 1 unspecified atom stereocenters. The molecule has 0 saturated heterocycles. The lowest BCUT2D eigenvalue weighted by Gasteiger charge is -2.05. The molecule has 0 saturated carbocycles. The van der Waals surface area contributed by atoms with Crippen molar-refractivity contribution in [2.75, 3.05) is 6.54 Å². The van der Waals surface area contributed by atoms with Gasteiger partial charge in [0.15, 0.2) is 0 Å². The third-order valence-corrected chi connectivity index (χ3v) is 1.70. The molecule has 0 aromatic carbocycles. The lowest BCUT2D eigenvalue weighted by Crippen LogP contribution is -2.22. The Labute approximate surface area is 76.6 Å². The van der Waals surface area contributed by atoms with Crippen molar-refractivity contribution in [1.82, 2.24) is 5.32 Å². The van der Waals surface area contributed by atoms with E-state index in [0.29, 0.717) is 6.04 Å². The first-order valence-corrected chi connectivity index (χ1v) is 4.79. The highest BCUT2D eigenvalue weighted by atomic mass is 14.9. The molecule has 1 atom stereocenters. The van der Waals surface area contributed by atoms with Crippen LogP contribution in [0.25, 0.3) is 0 Å². The molecular weight excluding hydrogens is 146 g/mol. The summed E-state index contributed by atoms with van der Waals surface area (Å²) in [4.78, 5) is 0. The van der Waals surface area contributed by atoms with Crippen LogP contribution in [0.3, 0.4) is 0 Å². The quantitative estimate of drug-likeness (QED) is 0.621. The van der Waals surface area contributed by atoms with Crippen LogP contribution in [0.15, 0.2) is 23.8 Å². The average molecular weight is 167 g/mol. The van der Waals surface area contributed by atoms with Crippen molar-refractivity contribution in [2.24, 2.45) is 0 Å². The van der Waals surface area contributed by atoms with Crippen LogP contribution in [-0.2, 0) is 0 Å². The van der Waals surface area contributed by atoms with E-state index >= 15 is 0 Å². The number of likely N-dealkylation sites (N-methyl/N-ethyl adjacent to an activating group) is 1. The Morgan fingerprint density at radius 3 is 2.58 bits per heavy atom. The molecule has 12 heavy (non-hydrogen) atoms. The maximum absolute atomic E-state index is 3.33. The molecule has 0 spiro atoms. The number of nitrogens with one attached hydrogen (secondary N) is 1. The zero-order chi connectivity index (χ0) is 9.40. The molecule has 0 heterocycles. The zero-order valence-corrected chi connectivity index (χ0v) is 8.72. The van der Waals surface area contributed by atoms with Crippen molar-refractivity contribution in [2.45, 2.75) is 40.2 Å². The van der Waals surface area contributed by atoms with Gasteiger partial charge in [-0.25, -0.2) is 0 Å². The van der Waals surface area contributed by atoms with Crippen molar-refractivity contribution >= 4 is 0 Å². The molecule has 1 heteroatoms. The van der Waals surface area contributed by atoms with Crippen LogP contribution in [-0.4, -0.2) is 12.6 Å². The Hall–Kier alpha value is -0.560. The highest BCUT2D eigenvalue weighted by Crippen LogP contribution is 1.98. The normalized spacial score (nSPS) is 15.5. The summed E-state index contributed by atoms with van der Waals surface area (Å²) < 4.78 is 0. The van der Waals surface area contributed by atoms with Gasteiger partial charge >= 0.3 is 0 Å². The van der Waals surface area contributed by atoms with E-state index in [4.69, 9.17) is 0 Å². The van der Waals surface area contributed by atoms with Crippen molar-refractivity contribution in [3.8, 4) is 0 Å². The molecule has 0 fully saturated rings. The topological polar surface area (TPSA) is 12.0 Å². The summed E-state index contributed by atoms with van der Waals surface area (Å²) in [7, 11) is 0. The van der Waals surface area contributed by atoms with E-state index in [1.807, 2.05) is 0 Å². The maximum atomic E-state index is 3.33. The number of rotatable bonds is 5. The molecule has 0 aliphatic rings. The van der Waals surface area contributed by atoms with Crippen LogP contribution in [0.4, 0.5) is 0 Å². The third-order valence-electron chi connectivity index (χ3n) is 1.70. The van der Waals surface area contributed by atoms with E-state index in [1.165, 1.54) is 5.57 Å². The minimum Gasteiger partial charge on any atom is -0.311 e. The lowest BCUT2D eigenvalue weighted by molar-refractivity contribution is 0.660. The van der Waals surface area contributed by atoms with E-state index in [1.54, 1.807) is 0 Å². The summed E-state index contributed by atoms with van der Waals surface area (Å²) >= 11 is 0. The van der Waals surface area contributed by atoms with Gasteiger partial charge in [-0.1, -0.05) is 37.6 Å². The fourth-order valence-electron chi connectivity index (χ4n) is 1.08. The molecule has 0 aromatic heterocycles. The molecule has 0 aliphatic carbocycles. The minimum atomic E-state index is 0.482. The SMILES string of the molecule is CC/C=C(C)/C=C\C(C)NCC. The summed E-state index contributed by atoms with van der Waals surface area (Å²) in [6.45, 7) is 9.62. The van der Waals surface area contributed by atoms with Gasteiger partial charge in [0.2, 0.25) is 0 Å². The second kappa shape index (κ2) is 7.11. The third kappa shape index (κ3) is 6.17. The van der Waals surface area contributed by atoms with E-state index in [-0.39, 0.29) is 0 Å². The molecular formula is C11H21N. The van der Waals surface area contributed by atoms with Gasteiger partial charge in [0.25, 0.3) is 0 Å². The number of allylic oxidation sites excluding steroid dienone is 3. The second-order valence-electron chi connectivity index (χ2n) is 3.06. The number of hydrogen-bond donors (Lipinski definition) is 1. The molecule has 1 N–H and O–H groups in total. The van der Waals surface area contributed by atoms with Crippen LogP contribution < -0.4 is 5.32 Å². The molecule has 1 nitrogen and oxygen atoms in total. The van der Waals surface area contributed by atoms with Crippen LogP contribution >= 0.6 is 0 Å². The maximum Gasteiger partial charge on any atom is 0.0224 e. The van der Waals surface area contributed by atoms with Crippen molar-refractivity contribution in [3.05, 3.63) is 23.8 Å². The van der Waals surface area contributed by atoms with Crippen LogP contribution in [0.1, 0.15) is 34.1 Å². The highest BCUT2D eigenvalue weighted by Gasteiger charge is 1.90. The predicted molar refractivity (Wildman–Crippen MR) is 56.3 cm³/mol. The summed E-state index contributed by atoms with van der Waals surface area (Å²) in [6.07, 6.45) is 7.72. The minimum absolute atomic E-state index is 0.482. The molecule has 0 bridgehead atoms. The van der Waals surface area contributed by atoms with Gasteiger partial charge in [-0.3, -0.25) is 0 Å². The second-order valence-corrected chi connectivity index (χ2v) is 3.06. The molecule has 0 aromatic rings. The molecule has 70 valence electrons. The Morgan fingerprint density at radius 2 is 2.08 bits per heavy atom. The summed E-state index contributed by atoms with van der Waals surface area (Å²) in [5, 5.41) is 3.33. The van der Waals surface area contributed by atoms with Gasteiger partial charge in [0.1, 0.15) is 0 Å². The van der Waals surface area contributed by atoms with E-state index < -0.39 is 0 Å². The first kappa shape index (κ1) is 11.4. The smallest absolute Gasteiger partial charge is 0.0224 e. The van der Waals surface area contributed by atoms with Gasteiger partial charge in [-0.15, -0.1) is 0 Å². The Morgan fingerprint density at radius 1 is 1.42 bits per heavy atom. The molecule has 0 rings (SSSR count). The van der Waals surface area contributed by atoms with E-state index in [0.717, 1.165) is 13.0 Å². The van der Waals surface area contributed by atoms with E-state index in [2.05, 4.69) is 51.2 Å². The van der Waals surface area contributed by atoms with Gasteiger partial charge in [0.05, 0.1) is 0 Å². The Balaban J connectivity index is 3.80. The predicted octanol–water partition coefficient (Wildman–Crippen LogP) is 2.90. The van der Waals surface area contributed by atoms with Crippen molar-refractivity contribution < 1.29 is 0 Å². The fourth-order valence-corrected chi connectivity index (χ4v) is 1.08. The standard InChI is InChI=1S/C11H21N/c1-5-7-10(3)8-9-11(4)12-6-2/h7-9,11-12H,5-6H2,1-4H3/b9-8-,10-7+. The molecule has 0 amide bonds. The van der Waals surface area contributed by atoms with Crippen molar-refractivity contribution in [1.29, 1.82) is 0 Å². The van der Waals surface area contributed by atoms with Crippen LogP contribution in [0.5, 0.6) is 0 Å². The first-order chi connectivity index (χ1) is 5.70. The van der Waals surface area contributed by atoms with Crippen LogP contribution in [0.2, 0.25) is 0 Å². The van der Waals surface area contributed by atoms with Gasteiger partial charge < -0.3 is 5.32 Å². The Kier molecular flexibility index (Phi) is 6.78. The van der Waals surface area contributed by atoms with E-state index in [9.17, 15) is 0 Å². The largest absolute Gasteiger partial charge is 0.311 e.